The van der Waals surface area contributed by atoms with E-state index in [0.717, 1.165) is 57.8 Å². The van der Waals surface area contributed by atoms with Crippen molar-refractivity contribution < 1.29 is 19.4 Å². The number of hydrogen-bond donors (Lipinski definition) is 1. The molecule has 0 aromatic heterocycles. The molecule has 0 aliphatic carbocycles. The van der Waals surface area contributed by atoms with Crippen LogP contribution in [0.1, 0.15) is 129 Å². The van der Waals surface area contributed by atoms with E-state index in [1.165, 1.54) is 44.9 Å². The Bertz CT molecular complexity index is 417. The molecule has 0 radical (unpaired) electrons. The molecule has 0 aromatic rings. The van der Waals surface area contributed by atoms with Crippen LogP contribution in [0.3, 0.4) is 0 Å². The third kappa shape index (κ3) is 21.2. The topological polar surface area (TPSA) is 63.6 Å². The van der Waals surface area contributed by atoms with Gasteiger partial charge in [0.25, 0.3) is 0 Å². The molecule has 29 heavy (non-hydrogen) atoms. The summed E-state index contributed by atoms with van der Waals surface area (Å²) in [6.45, 7) is 4.09. The van der Waals surface area contributed by atoms with Gasteiger partial charge in [0.15, 0.2) is 0 Å². The number of unbranched alkanes of at least 4 members (excludes halogenated alkanes) is 11. The van der Waals surface area contributed by atoms with Crippen molar-refractivity contribution in [1.29, 1.82) is 0 Å². The fraction of sp³-hybridized carbons (Fsp3) is 0.840. The first kappa shape index (κ1) is 27.7. The molecule has 0 saturated carbocycles. The molecule has 0 spiro atoms. The van der Waals surface area contributed by atoms with Gasteiger partial charge in [-0.15, -0.1) is 0 Å². The van der Waals surface area contributed by atoms with Crippen molar-refractivity contribution in [2.75, 3.05) is 0 Å². The van der Waals surface area contributed by atoms with Gasteiger partial charge in [0.2, 0.25) is 0 Å². The third-order valence-corrected chi connectivity index (χ3v) is 5.29. The number of aliphatic carboxylic acids is 1. The van der Waals surface area contributed by atoms with Crippen LogP contribution in [0.2, 0.25) is 0 Å². The van der Waals surface area contributed by atoms with Gasteiger partial charge in [0, 0.05) is 12.8 Å². The highest BCUT2D eigenvalue weighted by Gasteiger charge is 2.12. The second-order valence-corrected chi connectivity index (χ2v) is 8.12. The smallest absolute Gasteiger partial charge is 0.305 e. The van der Waals surface area contributed by atoms with Gasteiger partial charge in [0.05, 0.1) is 0 Å². The van der Waals surface area contributed by atoms with Gasteiger partial charge in [-0.2, -0.15) is 0 Å². The number of carbonyl (C=O) groups is 2. The van der Waals surface area contributed by atoms with E-state index in [2.05, 4.69) is 19.1 Å². The Labute approximate surface area is 179 Å². The molecule has 4 nitrogen and oxygen atoms in total. The number of carboxylic acid groups (broad SMARTS) is 1. The Morgan fingerprint density at radius 2 is 1.31 bits per heavy atom. The molecule has 0 heterocycles. The van der Waals surface area contributed by atoms with E-state index in [1.54, 1.807) is 0 Å². The fourth-order valence-electron chi connectivity index (χ4n) is 3.45. The number of ether oxygens (including phenoxy) is 1. The van der Waals surface area contributed by atoms with Crippen molar-refractivity contribution in [3.05, 3.63) is 12.2 Å². The van der Waals surface area contributed by atoms with Gasteiger partial charge < -0.3 is 9.84 Å². The predicted molar refractivity (Wildman–Crippen MR) is 121 cm³/mol. The van der Waals surface area contributed by atoms with Crippen molar-refractivity contribution in [2.24, 2.45) is 0 Å². The lowest BCUT2D eigenvalue weighted by molar-refractivity contribution is -0.149. The maximum atomic E-state index is 11.7. The summed E-state index contributed by atoms with van der Waals surface area (Å²) < 4.78 is 5.61. The Balaban J connectivity index is 3.81. The lowest BCUT2D eigenvalue weighted by Gasteiger charge is -2.17. The molecule has 0 rings (SSSR count). The summed E-state index contributed by atoms with van der Waals surface area (Å²) in [6, 6.07) is 0. The summed E-state index contributed by atoms with van der Waals surface area (Å²) in [5.41, 5.74) is 0. The molecule has 0 aliphatic heterocycles. The molecule has 1 N–H and O–H groups in total. The second kappa shape index (κ2) is 21.4. The first-order chi connectivity index (χ1) is 14.1. The maximum absolute atomic E-state index is 11.7. The zero-order chi connectivity index (χ0) is 21.6. The van der Waals surface area contributed by atoms with E-state index in [0.29, 0.717) is 6.42 Å². The molecular weight excluding hydrogens is 364 g/mol. The number of carboxylic acids is 1. The molecule has 0 bridgehead atoms. The number of carbonyl (C=O) groups excluding carboxylic acids is 1. The first-order valence-electron chi connectivity index (χ1n) is 12.2. The van der Waals surface area contributed by atoms with Crippen LogP contribution in [0.25, 0.3) is 0 Å². The monoisotopic (exact) mass is 410 g/mol. The zero-order valence-electron chi connectivity index (χ0n) is 19.1. The number of hydrogen-bond acceptors (Lipinski definition) is 3. The molecule has 0 aromatic carbocycles. The van der Waals surface area contributed by atoms with Crippen LogP contribution in [-0.2, 0) is 14.3 Å². The van der Waals surface area contributed by atoms with Gasteiger partial charge in [-0.25, -0.2) is 0 Å². The summed E-state index contributed by atoms with van der Waals surface area (Å²) in [4.78, 5) is 22.2. The normalized spacial score (nSPS) is 12.3. The van der Waals surface area contributed by atoms with E-state index in [9.17, 15) is 9.59 Å². The Hall–Kier alpha value is -1.32. The highest BCUT2D eigenvalue weighted by atomic mass is 16.5. The molecule has 0 amide bonds. The highest BCUT2D eigenvalue weighted by molar-refractivity contribution is 5.69. The third-order valence-electron chi connectivity index (χ3n) is 5.29. The predicted octanol–water partition coefficient (Wildman–Crippen LogP) is 7.60. The van der Waals surface area contributed by atoms with Crippen LogP contribution < -0.4 is 0 Å². The summed E-state index contributed by atoms with van der Waals surface area (Å²) in [6.07, 6.45) is 23.5. The summed E-state index contributed by atoms with van der Waals surface area (Å²) in [5, 5.41) is 8.65. The average Bonchev–Trinajstić information content (AvgIpc) is 2.70. The Kier molecular flexibility index (Phi) is 20.4. The quantitative estimate of drug-likeness (QED) is 0.120. The molecule has 0 saturated heterocycles. The van der Waals surface area contributed by atoms with Crippen molar-refractivity contribution in [2.45, 2.75) is 136 Å². The highest BCUT2D eigenvalue weighted by Crippen LogP contribution is 2.16. The van der Waals surface area contributed by atoms with Gasteiger partial charge in [0.1, 0.15) is 6.10 Å². The molecule has 0 fully saturated rings. The number of rotatable bonds is 21. The van der Waals surface area contributed by atoms with Crippen LogP contribution in [0.5, 0.6) is 0 Å². The fourth-order valence-corrected chi connectivity index (χ4v) is 3.45. The minimum absolute atomic E-state index is 0.0356. The SMILES string of the molecule is CCCCCCCC/C=C\CCCC(CCCCCCCC(=O)O)OC(=O)CC. The minimum Gasteiger partial charge on any atom is -0.481 e. The van der Waals surface area contributed by atoms with Gasteiger partial charge >= 0.3 is 11.9 Å². The first-order valence-corrected chi connectivity index (χ1v) is 12.2. The molecule has 170 valence electrons. The minimum atomic E-state index is -0.711. The summed E-state index contributed by atoms with van der Waals surface area (Å²) >= 11 is 0. The van der Waals surface area contributed by atoms with E-state index >= 15 is 0 Å². The number of esters is 1. The second-order valence-electron chi connectivity index (χ2n) is 8.12. The van der Waals surface area contributed by atoms with E-state index < -0.39 is 5.97 Å². The summed E-state index contributed by atoms with van der Waals surface area (Å²) in [5.74, 6) is -0.812. The van der Waals surface area contributed by atoms with Crippen molar-refractivity contribution in [3.63, 3.8) is 0 Å². The van der Waals surface area contributed by atoms with Gasteiger partial charge in [-0.3, -0.25) is 9.59 Å². The van der Waals surface area contributed by atoms with Gasteiger partial charge in [-0.1, -0.05) is 77.4 Å². The van der Waals surface area contributed by atoms with Crippen LogP contribution >= 0.6 is 0 Å². The van der Waals surface area contributed by atoms with Crippen molar-refractivity contribution >= 4 is 11.9 Å². The van der Waals surface area contributed by atoms with Crippen LogP contribution in [0.15, 0.2) is 12.2 Å². The zero-order valence-corrected chi connectivity index (χ0v) is 19.1. The molecule has 0 aliphatic rings. The molecule has 4 heteroatoms. The van der Waals surface area contributed by atoms with Crippen molar-refractivity contribution in [1.82, 2.24) is 0 Å². The lowest BCUT2D eigenvalue weighted by atomic mass is 10.0. The standard InChI is InChI=1S/C25H46O4/c1-3-5-6-7-8-9-10-11-12-14-17-20-23(29-25(28)4-2)21-18-15-13-16-19-22-24(26)27/h11-12,23H,3-10,13-22H2,1-2H3,(H,26,27)/b12-11-. The van der Waals surface area contributed by atoms with Crippen LogP contribution in [0.4, 0.5) is 0 Å². The Morgan fingerprint density at radius 1 is 0.759 bits per heavy atom. The Morgan fingerprint density at radius 3 is 1.97 bits per heavy atom. The lowest BCUT2D eigenvalue weighted by Crippen LogP contribution is -2.17. The largest absolute Gasteiger partial charge is 0.481 e. The van der Waals surface area contributed by atoms with E-state index in [-0.39, 0.29) is 18.5 Å². The van der Waals surface area contributed by atoms with Gasteiger partial charge in [-0.05, 0) is 51.4 Å². The van der Waals surface area contributed by atoms with Crippen molar-refractivity contribution in [3.8, 4) is 0 Å². The molecule has 1 atom stereocenters. The van der Waals surface area contributed by atoms with Crippen LogP contribution in [-0.4, -0.2) is 23.1 Å². The molecular formula is C25H46O4. The molecule has 1 unspecified atom stereocenters. The van der Waals surface area contributed by atoms with E-state index in [4.69, 9.17) is 9.84 Å². The average molecular weight is 411 g/mol. The van der Waals surface area contributed by atoms with Crippen LogP contribution in [0, 0.1) is 0 Å². The number of allylic oxidation sites excluding steroid dienone is 2. The van der Waals surface area contributed by atoms with E-state index in [1.807, 2.05) is 6.92 Å². The maximum Gasteiger partial charge on any atom is 0.305 e. The summed E-state index contributed by atoms with van der Waals surface area (Å²) in [7, 11) is 0.